The molecular formula is C17H11FN4OS. The molecule has 2 aromatic heterocycles. The van der Waals surface area contributed by atoms with Gasteiger partial charge in [-0.3, -0.25) is 5.10 Å². The number of aromatic nitrogens is 2. The van der Waals surface area contributed by atoms with E-state index in [1.807, 2.05) is 17.5 Å². The Hall–Kier alpha value is -3.11. The summed E-state index contributed by atoms with van der Waals surface area (Å²) >= 11 is 1.55. The molecule has 1 atom stereocenters. The second-order valence-corrected chi connectivity index (χ2v) is 6.22. The van der Waals surface area contributed by atoms with E-state index in [-0.39, 0.29) is 17.3 Å². The highest BCUT2D eigenvalue weighted by atomic mass is 32.1. The molecule has 0 aliphatic carbocycles. The first-order valence-electron chi connectivity index (χ1n) is 7.14. The van der Waals surface area contributed by atoms with Gasteiger partial charge in [0.25, 0.3) is 0 Å². The molecule has 0 unspecified atom stereocenters. The third-order valence-electron chi connectivity index (χ3n) is 3.91. The first-order valence-corrected chi connectivity index (χ1v) is 8.02. The summed E-state index contributed by atoms with van der Waals surface area (Å²) in [5, 5.41) is 18.7. The van der Waals surface area contributed by atoms with E-state index in [0.29, 0.717) is 5.88 Å². The summed E-state index contributed by atoms with van der Waals surface area (Å²) in [6.45, 7) is 0. The van der Waals surface area contributed by atoms with E-state index in [2.05, 4.69) is 16.3 Å². The molecule has 1 aliphatic heterocycles. The van der Waals surface area contributed by atoms with Gasteiger partial charge in [-0.25, -0.2) is 4.39 Å². The fourth-order valence-corrected chi connectivity index (χ4v) is 3.58. The van der Waals surface area contributed by atoms with Crippen molar-refractivity contribution in [2.45, 2.75) is 5.92 Å². The maximum atomic E-state index is 13.3. The fourth-order valence-electron chi connectivity index (χ4n) is 2.84. The van der Waals surface area contributed by atoms with Crippen molar-refractivity contribution in [2.24, 2.45) is 5.73 Å². The SMILES string of the molecule is N#CC1=C(N)Oc2n[nH]c(-c3cccs3)c2[C@@H]1c1ccc(F)cc1. The number of allylic oxidation sites excluding steroid dienone is 1. The molecule has 0 fully saturated rings. The quantitative estimate of drug-likeness (QED) is 0.748. The van der Waals surface area contributed by atoms with Crippen LogP contribution in [-0.2, 0) is 0 Å². The van der Waals surface area contributed by atoms with Gasteiger partial charge in [-0.1, -0.05) is 18.2 Å². The summed E-state index contributed by atoms with van der Waals surface area (Å²) in [4.78, 5) is 0.970. The average molecular weight is 338 g/mol. The van der Waals surface area contributed by atoms with Crippen LogP contribution in [0.15, 0.2) is 53.2 Å². The number of halogens is 1. The zero-order chi connectivity index (χ0) is 16.7. The molecule has 0 amide bonds. The number of benzene rings is 1. The molecule has 0 saturated carbocycles. The van der Waals surface area contributed by atoms with Crippen LogP contribution in [0.3, 0.4) is 0 Å². The van der Waals surface area contributed by atoms with Crippen molar-refractivity contribution in [1.29, 1.82) is 5.26 Å². The number of ether oxygens (including phenoxy) is 1. The van der Waals surface area contributed by atoms with E-state index in [4.69, 9.17) is 10.5 Å². The van der Waals surface area contributed by atoms with Crippen molar-refractivity contribution in [1.82, 2.24) is 10.2 Å². The standard InChI is InChI=1S/C17H11FN4OS/c18-10-5-3-9(4-6-10)13-11(8-19)16(20)23-17-14(13)15(21-22-17)12-2-1-7-24-12/h1-7,13H,20H2,(H,21,22)/t13-/m1/s1. The van der Waals surface area contributed by atoms with Crippen molar-refractivity contribution in [3.05, 3.63) is 70.2 Å². The Bertz CT molecular complexity index is 967. The van der Waals surface area contributed by atoms with Crippen LogP contribution in [0.2, 0.25) is 0 Å². The van der Waals surface area contributed by atoms with Gasteiger partial charge in [0.2, 0.25) is 11.8 Å². The van der Waals surface area contributed by atoms with Crippen molar-refractivity contribution in [2.75, 3.05) is 0 Å². The van der Waals surface area contributed by atoms with Gasteiger partial charge in [0.15, 0.2) is 0 Å². The van der Waals surface area contributed by atoms with Gasteiger partial charge in [-0.2, -0.15) is 5.26 Å². The van der Waals surface area contributed by atoms with E-state index in [1.165, 1.54) is 12.1 Å². The molecule has 3 heterocycles. The highest BCUT2D eigenvalue weighted by molar-refractivity contribution is 7.13. The monoisotopic (exact) mass is 338 g/mol. The number of hydrogen-bond donors (Lipinski definition) is 2. The summed E-state index contributed by atoms with van der Waals surface area (Å²) in [6, 6.07) is 12.0. The molecular weight excluding hydrogens is 327 g/mol. The van der Waals surface area contributed by atoms with Crippen molar-refractivity contribution in [3.63, 3.8) is 0 Å². The molecule has 3 aromatic rings. The van der Waals surface area contributed by atoms with Gasteiger partial charge in [-0.05, 0) is 29.1 Å². The van der Waals surface area contributed by atoms with Gasteiger partial charge >= 0.3 is 0 Å². The number of fused-ring (bicyclic) bond motifs is 1. The number of hydrogen-bond acceptors (Lipinski definition) is 5. The van der Waals surface area contributed by atoms with Gasteiger partial charge in [-0.15, -0.1) is 16.4 Å². The Labute approximate surface area is 140 Å². The lowest BCUT2D eigenvalue weighted by atomic mass is 9.84. The summed E-state index contributed by atoms with van der Waals surface area (Å²) < 4.78 is 18.8. The summed E-state index contributed by atoms with van der Waals surface area (Å²) in [5.41, 5.74) is 8.44. The molecule has 0 saturated heterocycles. The zero-order valence-corrected chi connectivity index (χ0v) is 13.1. The Kier molecular flexibility index (Phi) is 3.32. The van der Waals surface area contributed by atoms with E-state index in [9.17, 15) is 9.65 Å². The van der Waals surface area contributed by atoms with E-state index < -0.39 is 5.92 Å². The van der Waals surface area contributed by atoms with Gasteiger partial charge in [0, 0.05) is 0 Å². The fraction of sp³-hybridized carbons (Fsp3) is 0.0588. The molecule has 7 heteroatoms. The van der Waals surface area contributed by atoms with Gasteiger partial charge in [0.05, 0.1) is 22.1 Å². The molecule has 1 aliphatic rings. The van der Waals surface area contributed by atoms with Crippen molar-refractivity contribution in [3.8, 4) is 22.5 Å². The number of thiophene rings is 1. The Morgan fingerprint density at radius 1 is 1.29 bits per heavy atom. The van der Waals surface area contributed by atoms with Crippen LogP contribution in [0.4, 0.5) is 4.39 Å². The zero-order valence-electron chi connectivity index (χ0n) is 12.3. The lowest BCUT2D eigenvalue weighted by Crippen LogP contribution is -2.20. The minimum absolute atomic E-state index is 0.0172. The topological polar surface area (TPSA) is 87.7 Å². The number of rotatable bonds is 2. The molecule has 0 spiro atoms. The molecule has 4 rings (SSSR count). The third-order valence-corrected chi connectivity index (χ3v) is 4.80. The number of H-pyrrole nitrogens is 1. The first kappa shape index (κ1) is 14.5. The average Bonchev–Trinajstić information content (AvgIpc) is 3.23. The number of nitrogens with two attached hydrogens (primary N) is 1. The molecule has 118 valence electrons. The molecule has 0 radical (unpaired) electrons. The summed E-state index contributed by atoms with van der Waals surface area (Å²) in [6.07, 6.45) is 0. The second kappa shape index (κ2) is 5.51. The second-order valence-electron chi connectivity index (χ2n) is 5.27. The number of aromatic amines is 1. The molecule has 1 aromatic carbocycles. The lowest BCUT2D eigenvalue weighted by Gasteiger charge is -2.23. The van der Waals surface area contributed by atoms with Gasteiger partial charge < -0.3 is 10.5 Å². The highest BCUT2D eigenvalue weighted by Gasteiger charge is 2.35. The van der Waals surface area contributed by atoms with Crippen LogP contribution in [0.25, 0.3) is 10.6 Å². The molecule has 24 heavy (non-hydrogen) atoms. The summed E-state index contributed by atoms with van der Waals surface area (Å²) in [5.74, 6) is -0.449. The summed E-state index contributed by atoms with van der Waals surface area (Å²) in [7, 11) is 0. The van der Waals surface area contributed by atoms with Crippen LogP contribution in [0.1, 0.15) is 17.0 Å². The predicted molar refractivity (Wildman–Crippen MR) is 87.6 cm³/mol. The number of nitrogens with one attached hydrogen (secondary N) is 1. The maximum Gasteiger partial charge on any atom is 0.244 e. The van der Waals surface area contributed by atoms with Crippen LogP contribution in [0, 0.1) is 17.1 Å². The molecule has 0 bridgehead atoms. The van der Waals surface area contributed by atoms with E-state index in [0.717, 1.165) is 21.7 Å². The van der Waals surface area contributed by atoms with Crippen molar-refractivity contribution >= 4 is 11.3 Å². The van der Waals surface area contributed by atoms with Crippen LogP contribution in [-0.4, -0.2) is 10.2 Å². The van der Waals surface area contributed by atoms with Crippen LogP contribution >= 0.6 is 11.3 Å². The largest absolute Gasteiger partial charge is 0.420 e. The Morgan fingerprint density at radius 3 is 2.75 bits per heavy atom. The third kappa shape index (κ3) is 2.16. The normalized spacial score (nSPS) is 16.4. The predicted octanol–water partition coefficient (Wildman–Crippen LogP) is 3.50. The highest BCUT2D eigenvalue weighted by Crippen LogP contribution is 2.46. The van der Waals surface area contributed by atoms with E-state index >= 15 is 0 Å². The van der Waals surface area contributed by atoms with Crippen molar-refractivity contribution < 1.29 is 9.13 Å². The first-order chi connectivity index (χ1) is 11.7. The van der Waals surface area contributed by atoms with Gasteiger partial charge in [0.1, 0.15) is 17.5 Å². The number of nitrogens with zero attached hydrogens (tertiary/aromatic N) is 2. The Morgan fingerprint density at radius 2 is 2.08 bits per heavy atom. The molecule has 3 N–H and O–H groups in total. The maximum absolute atomic E-state index is 13.3. The molecule has 5 nitrogen and oxygen atoms in total. The minimum Gasteiger partial charge on any atom is -0.420 e. The van der Waals surface area contributed by atoms with E-state index in [1.54, 1.807) is 23.5 Å². The van der Waals surface area contributed by atoms with Crippen LogP contribution < -0.4 is 10.5 Å². The minimum atomic E-state index is -0.463. The Balaban J connectivity index is 1.95. The number of nitriles is 1. The lowest BCUT2D eigenvalue weighted by molar-refractivity contribution is 0.379. The van der Waals surface area contributed by atoms with Crippen LogP contribution in [0.5, 0.6) is 5.88 Å². The smallest absolute Gasteiger partial charge is 0.244 e.